The first-order chi connectivity index (χ1) is 10.9. The van der Waals surface area contributed by atoms with E-state index in [1.165, 1.54) is 4.90 Å². The van der Waals surface area contributed by atoms with Crippen molar-refractivity contribution in [2.45, 2.75) is 20.3 Å². The molecule has 122 valence electrons. The van der Waals surface area contributed by atoms with Crippen molar-refractivity contribution in [3.05, 3.63) is 35.9 Å². The van der Waals surface area contributed by atoms with Crippen LogP contribution in [0.25, 0.3) is 5.69 Å². The minimum absolute atomic E-state index is 0.0762. The molecule has 0 aliphatic heterocycles. The smallest absolute Gasteiger partial charge is 0.230 e. The van der Waals surface area contributed by atoms with Crippen LogP contribution in [0.4, 0.5) is 5.69 Å². The molecule has 0 fully saturated rings. The van der Waals surface area contributed by atoms with E-state index in [0.717, 1.165) is 5.69 Å². The Hall–Kier alpha value is -1.86. The predicted molar refractivity (Wildman–Crippen MR) is 92.2 cm³/mol. The fraction of sp³-hybridized carbons (Fsp3) is 0.333. The van der Waals surface area contributed by atoms with Gasteiger partial charge in [-0.2, -0.15) is 5.10 Å². The zero-order valence-corrected chi connectivity index (χ0v) is 14.5. The van der Waals surface area contributed by atoms with E-state index in [-0.39, 0.29) is 22.6 Å². The van der Waals surface area contributed by atoms with E-state index in [1.54, 1.807) is 36.3 Å². The summed E-state index contributed by atoms with van der Waals surface area (Å²) in [6.07, 6.45) is 5.06. The van der Waals surface area contributed by atoms with Gasteiger partial charge in [-0.1, -0.05) is 18.5 Å². The van der Waals surface area contributed by atoms with Gasteiger partial charge in [0, 0.05) is 25.1 Å². The molecule has 0 saturated carbocycles. The Balaban J connectivity index is 2.30. The lowest BCUT2D eigenvalue weighted by atomic mass is 10.1. The number of aromatic nitrogens is 3. The quantitative estimate of drug-likeness (QED) is 0.812. The second-order valence-corrected chi connectivity index (χ2v) is 5.90. The highest BCUT2D eigenvalue weighted by Crippen LogP contribution is 2.27. The Morgan fingerprint density at radius 3 is 2.78 bits per heavy atom. The van der Waals surface area contributed by atoms with Crippen LogP contribution >= 0.6 is 24.2 Å². The Morgan fingerprint density at radius 2 is 2.22 bits per heavy atom. The minimum atomic E-state index is -0.474. The molecule has 2 heterocycles. The van der Waals surface area contributed by atoms with Crippen molar-refractivity contribution >= 4 is 40.9 Å². The highest BCUT2D eigenvalue weighted by atomic mass is 35.5. The first-order valence-corrected chi connectivity index (χ1v) is 7.95. The number of hydrogen-bond donors (Lipinski definition) is 1. The number of hydrogen-bond acceptors (Lipinski definition) is 4. The Bertz CT molecular complexity index is 705. The van der Waals surface area contributed by atoms with Gasteiger partial charge in [0.15, 0.2) is 10.3 Å². The molecule has 0 bridgehead atoms. The van der Waals surface area contributed by atoms with Crippen LogP contribution < -0.4 is 4.90 Å². The maximum Gasteiger partial charge on any atom is 0.230 e. The molecule has 0 radical (unpaired) electrons. The van der Waals surface area contributed by atoms with Crippen molar-refractivity contribution in [1.29, 1.82) is 0 Å². The lowest BCUT2D eigenvalue weighted by molar-refractivity contribution is -0.124. The summed E-state index contributed by atoms with van der Waals surface area (Å²) in [5.74, 6) is -0.666. The van der Waals surface area contributed by atoms with Gasteiger partial charge < -0.3 is 4.90 Å². The Morgan fingerprint density at radius 1 is 1.48 bits per heavy atom. The lowest BCUT2D eigenvalue weighted by Crippen LogP contribution is -2.35. The van der Waals surface area contributed by atoms with Gasteiger partial charge >= 0.3 is 0 Å². The number of carbonyl (C=O) groups excluding carboxylic acids is 2. The van der Waals surface area contributed by atoms with Gasteiger partial charge in [0.25, 0.3) is 0 Å². The molecule has 2 aromatic heterocycles. The van der Waals surface area contributed by atoms with E-state index in [4.69, 9.17) is 11.6 Å². The second-order valence-electron chi connectivity index (χ2n) is 5.04. The van der Waals surface area contributed by atoms with Crippen molar-refractivity contribution in [3.8, 4) is 5.69 Å². The van der Waals surface area contributed by atoms with Gasteiger partial charge in [-0.3, -0.25) is 14.6 Å². The molecule has 0 spiro atoms. The molecule has 23 heavy (non-hydrogen) atoms. The number of anilines is 1. The summed E-state index contributed by atoms with van der Waals surface area (Å²) < 4.78 is 1.56. The zero-order valence-electron chi connectivity index (χ0n) is 12.8. The topological polar surface area (TPSA) is 68.1 Å². The Labute approximate surface area is 144 Å². The van der Waals surface area contributed by atoms with E-state index >= 15 is 0 Å². The number of nitrogens with zero attached hydrogens (tertiary/aromatic N) is 4. The van der Waals surface area contributed by atoms with Gasteiger partial charge in [0.05, 0.1) is 18.1 Å². The standard InChI is InChI=1S/C15H17ClN4O2S/c1-3-19(15(22)10(2)7-13(21)23)12-9-20(18-14(12)16)11-5-4-6-17-8-11/h4-6,8-10H,3,7H2,1-2H3,(H,21,23)/t10-/m0/s1. The molecule has 0 N–H and O–H groups in total. The molecule has 0 unspecified atom stereocenters. The second kappa shape index (κ2) is 7.61. The molecule has 0 aliphatic carbocycles. The van der Waals surface area contributed by atoms with E-state index in [2.05, 4.69) is 22.7 Å². The van der Waals surface area contributed by atoms with Crippen LogP contribution in [-0.4, -0.2) is 32.3 Å². The van der Waals surface area contributed by atoms with Crippen LogP contribution in [0.2, 0.25) is 5.15 Å². The van der Waals surface area contributed by atoms with E-state index in [1.807, 2.05) is 13.0 Å². The van der Waals surface area contributed by atoms with Crippen molar-refractivity contribution in [2.75, 3.05) is 11.4 Å². The third-order valence-corrected chi connectivity index (χ3v) is 3.79. The fourth-order valence-electron chi connectivity index (χ4n) is 2.21. The van der Waals surface area contributed by atoms with Crippen LogP contribution in [0, 0.1) is 5.92 Å². The largest absolute Gasteiger partial charge is 0.308 e. The lowest BCUT2D eigenvalue weighted by Gasteiger charge is -2.22. The number of amides is 1. The summed E-state index contributed by atoms with van der Waals surface area (Å²) in [7, 11) is 0. The summed E-state index contributed by atoms with van der Waals surface area (Å²) in [4.78, 5) is 29.2. The van der Waals surface area contributed by atoms with Crippen LogP contribution in [-0.2, 0) is 9.59 Å². The van der Waals surface area contributed by atoms with Gasteiger partial charge in [0.2, 0.25) is 5.91 Å². The van der Waals surface area contributed by atoms with Crippen molar-refractivity contribution < 1.29 is 9.59 Å². The highest BCUT2D eigenvalue weighted by Gasteiger charge is 2.25. The van der Waals surface area contributed by atoms with Crippen LogP contribution in [0.5, 0.6) is 0 Å². The molecule has 2 rings (SSSR count). The average molecular weight is 353 g/mol. The number of carbonyl (C=O) groups is 2. The monoisotopic (exact) mass is 352 g/mol. The summed E-state index contributed by atoms with van der Waals surface area (Å²) in [6.45, 7) is 3.95. The average Bonchev–Trinajstić information content (AvgIpc) is 2.90. The third-order valence-electron chi connectivity index (χ3n) is 3.34. The van der Waals surface area contributed by atoms with Crippen LogP contribution in [0.15, 0.2) is 30.7 Å². The van der Waals surface area contributed by atoms with Crippen LogP contribution in [0.3, 0.4) is 0 Å². The van der Waals surface area contributed by atoms with Gasteiger partial charge in [-0.25, -0.2) is 4.68 Å². The minimum Gasteiger partial charge on any atom is -0.308 e. The first-order valence-electron chi connectivity index (χ1n) is 7.12. The molecule has 0 aliphatic rings. The molecule has 0 saturated heterocycles. The van der Waals surface area contributed by atoms with E-state index in [0.29, 0.717) is 12.2 Å². The summed E-state index contributed by atoms with van der Waals surface area (Å²) >= 11 is 9.92. The van der Waals surface area contributed by atoms with E-state index in [9.17, 15) is 9.59 Å². The normalized spacial score (nSPS) is 12.0. The highest BCUT2D eigenvalue weighted by molar-refractivity contribution is 7.96. The predicted octanol–water partition coefficient (Wildman–Crippen LogP) is 2.76. The van der Waals surface area contributed by atoms with Gasteiger partial charge in [-0.15, -0.1) is 12.6 Å². The molecule has 1 amide bonds. The molecule has 1 atom stereocenters. The fourth-order valence-corrected chi connectivity index (χ4v) is 2.71. The first kappa shape index (κ1) is 17.5. The molecular formula is C15H17ClN4O2S. The molecule has 8 heteroatoms. The maximum atomic E-state index is 12.5. The summed E-state index contributed by atoms with van der Waals surface area (Å²) in [6, 6.07) is 3.62. The third kappa shape index (κ3) is 4.11. The maximum absolute atomic E-state index is 12.5. The van der Waals surface area contributed by atoms with Crippen molar-refractivity contribution in [1.82, 2.24) is 14.8 Å². The SMILES string of the molecule is CCN(C(=O)[C@@H](C)CC(=O)S)c1cn(-c2cccnc2)nc1Cl. The van der Waals surface area contributed by atoms with Crippen molar-refractivity contribution in [2.24, 2.45) is 5.92 Å². The number of halogens is 1. The van der Waals surface area contributed by atoms with Gasteiger partial charge in [-0.05, 0) is 19.1 Å². The van der Waals surface area contributed by atoms with Gasteiger partial charge in [0.1, 0.15) is 5.69 Å². The summed E-state index contributed by atoms with van der Waals surface area (Å²) in [5, 5.41) is 4.11. The van der Waals surface area contributed by atoms with Crippen LogP contribution in [0.1, 0.15) is 20.3 Å². The van der Waals surface area contributed by atoms with Crippen molar-refractivity contribution in [3.63, 3.8) is 0 Å². The number of thiol groups is 1. The zero-order chi connectivity index (χ0) is 17.0. The molecule has 6 nitrogen and oxygen atoms in total. The summed E-state index contributed by atoms with van der Waals surface area (Å²) in [5.41, 5.74) is 1.24. The molecular weight excluding hydrogens is 336 g/mol. The number of pyridine rings is 1. The molecule has 2 aromatic rings. The Kier molecular flexibility index (Phi) is 5.79. The molecule has 0 aromatic carbocycles. The number of rotatable bonds is 6. The van der Waals surface area contributed by atoms with E-state index < -0.39 is 5.92 Å².